The standard InChI is InChI=1S/C30H52O.C29H50O.2C28H48O/c1-7-16-30(31)19-18-28(5)23(20-30)11-12-24-26-14-13-25(22(4)10-8-9-21(2)3)29(26,6)17-15-27(24)28;1-7-29(30)18-17-27(5)22(19-29)11-12-23-25-14-13-24(21(4)10-8-9-20(2)3)28(25,6)16-15-26(23)27;1-19(2)8-7-9-20(3)24-12-13-25-23-11-10-21-18-22(29-6)14-16-27(21,4)26(23)15-17-28(24,25)5;1-19(2)8-7-9-20(3)23-12-13-24-22-11-10-21-18-26(4,29)16-17-27(21,5)25(22)14-15-28(23,24)6/h11,21-22,24-27,31H,7-10,12-20H2,1-6H3;11,20-21,23-26,30H,7-10,12-19H2,1-6H3;10,19-20,22-26H,7-9,11-18H2,1-6H3;10,19-20,22-25,29H,7-9,11-18H2,1-6H3/t22-,24+,25-,26+,27+,28+,29-,30+;21-,23+,24-,25+,26+,27+,28-,29+;20-,22+,23+,24-,25+,26+,27+,28-;20-,22+,23-,24+,25+,26+,27+,28-/m1111/s1. The van der Waals surface area contributed by atoms with Crippen LogP contribution in [0.2, 0.25) is 0 Å². The van der Waals surface area contributed by atoms with Crippen molar-refractivity contribution in [2.45, 2.75) is 484 Å². The van der Waals surface area contributed by atoms with E-state index in [0.29, 0.717) is 49.4 Å². The predicted molar refractivity (Wildman–Crippen MR) is 509 cm³/mol. The third-order valence-electron chi connectivity index (χ3n) is 43.5. The van der Waals surface area contributed by atoms with Crippen LogP contribution in [0.25, 0.3) is 0 Å². The molecular formula is C115H198O4. The summed E-state index contributed by atoms with van der Waals surface area (Å²) in [6, 6.07) is 0. The lowest BCUT2D eigenvalue weighted by atomic mass is 9.46. The molecule has 3 N–H and O–H groups in total. The van der Waals surface area contributed by atoms with Crippen molar-refractivity contribution < 1.29 is 20.1 Å². The van der Waals surface area contributed by atoms with Gasteiger partial charge in [0.2, 0.25) is 0 Å². The van der Waals surface area contributed by atoms with E-state index in [1.807, 2.05) is 7.11 Å². The summed E-state index contributed by atoms with van der Waals surface area (Å²) in [5.41, 5.74) is 9.26. The molecule has 0 aromatic carbocycles. The molecule has 0 unspecified atom stereocenters. The minimum absolute atomic E-state index is 0.366. The highest BCUT2D eigenvalue weighted by Gasteiger charge is 2.65. The van der Waals surface area contributed by atoms with Crippen LogP contribution in [0, 0.1) is 185 Å². The topological polar surface area (TPSA) is 69.9 Å². The second-order valence-electron chi connectivity index (χ2n) is 51.8. The highest BCUT2D eigenvalue weighted by atomic mass is 16.5. The molecule has 119 heavy (non-hydrogen) atoms. The molecule has 16 aliphatic carbocycles. The molecule has 0 heterocycles. The van der Waals surface area contributed by atoms with E-state index >= 15 is 0 Å². The average molecular weight is 1640 g/mol. The van der Waals surface area contributed by atoms with Gasteiger partial charge in [-0.2, -0.15) is 0 Å². The van der Waals surface area contributed by atoms with E-state index in [2.05, 4.69) is 184 Å². The Morgan fingerprint density at radius 2 is 0.613 bits per heavy atom. The van der Waals surface area contributed by atoms with Crippen molar-refractivity contribution in [3.63, 3.8) is 0 Å². The van der Waals surface area contributed by atoms with Crippen molar-refractivity contribution in [1.82, 2.24) is 0 Å². The first kappa shape index (κ1) is 95.4. The van der Waals surface area contributed by atoms with Gasteiger partial charge in [-0.15, -0.1) is 0 Å². The molecule has 16 aliphatic rings. The van der Waals surface area contributed by atoms with Crippen molar-refractivity contribution in [2.75, 3.05) is 7.11 Å². The van der Waals surface area contributed by atoms with E-state index in [9.17, 15) is 15.3 Å². The maximum atomic E-state index is 11.2. The second kappa shape index (κ2) is 37.7. The molecule has 4 heteroatoms. The van der Waals surface area contributed by atoms with Crippen LogP contribution in [-0.4, -0.2) is 45.3 Å². The molecule has 0 bridgehead atoms. The van der Waals surface area contributed by atoms with Gasteiger partial charge in [-0.1, -0.05) is 282 Å². The van der Waals surface area contributed by atoms with Crippen LogP contribution in [0.1, 0.15) is 461 Å². The van der Waals surface area contributed by atoms with Gasteiger partial charge in [0.05, 0.1) is 22.9 Å². The smallest absolute Gasteiger partial charge is 0.0685 e. The SMILES string of the molecule is CC(C)CCC[C@@H](C)[C@H]1CC[C@H]2[C@@H]3CC=C4C[C@@](C)(O)CC[C@]4(C)[C@H]3CC[C@]12C.CCC[C@]1(O)CC[C@@]2(C)C(=CC[C@H]3[C@@H]4CC[C@H]([C@H](C)CCCC(C)C)[C@@]4(C)CC[C@@H]32)C1.CC[C@]1(O)CC[C@@]2(C)C(=CC[C@H]3[C@@H]4CC[C@H]([C@H](C)CCCC(C)C)[C@@]4(C)CC[C@@H]32)C1.CO[C@H]1CC[C@@]2(C)C(=CC[C@H]3[C@@H]4CC[C@H]([C@H](C)CCCC(C)C)[C@@]4(C)CC[C@@H]32)C1. The minimum Gasteiger partial charge on any atom is -0.390 e. The van der Waals surface area contributed by atoms with E-state index < -0.39 is 16.8 Å². The molecule has 12 fully saturated rings. The summed E-state index contributed by atoms with van der Waals surface area (Å²) < 4.78 is 5.75. The summed E-state index contributed by atoms with van der Waals surface area (Å²) in [6.07, 6.45) is 73.2. The summed E-state index contributed by atoms with van der Waals surface area (Å²) in [5, 5.41) is 32.8. The lowest BCUT2D eigenvalue weighted by molar-refractivity contribution is -0.0767. The molecule has 0 aromatic rings. The van der Waals surface area contributed by atoms with Gasteiger partial charge in [0.25, 0.3) is 0 Å². The number of hydrogen-bond donors (Lipinski definition) is 3. The maximum absolute atomic E-state index is 11.2. The number of aliphatic hydroxyl groups is 3. The zero-order chi connectivity index (χ0) is 86.0. The van der Waals surface area contributed by atoms with Crippen molar-refractivity contribution in [3.8, 4) is 0 Å². The first-order chi connectivity index (χ1) is 56.1. The van der Waals surface area contributed by atoms with Crippen molar-refractivity contribution in [1.29, 1.82) is 0 Å². The summed E-state index contributed by atoms with van der Waals surface area (Å²) in [7, 11) is 1.91. The average Bonchev–Trinajstić information content (AvgIpc) is 1.67. The monoisotopic (exact) mass is 1640 g/mol. The Bertz CT molecular complexity index is 3430. The van der Waals surface area contributed by atoms with Crippen molar-refractivity contribution >= 4 is 0 Å². The Kier molecular flexibility index (Phi) is 30.2. The number of allylic oxidation sites excluding steroid dienone is 4. The highest BCUT2D eigenvalue weighted by molar-refractivity contribution is 5.31. The Hall–Kier alpha value is -1.20. The van der Waals surface area contributed by atoms with E-state index in [1.54, 1.807) is 22.3 Å². The molecule has 32 atom stereocenters. The molecule has 0 aromatic heterocycles. The van der Waals surface area contributed by atoms with Gasteiger partial charge < -0.3 is 20.1 Å². The molecule has 12 saturated carbocycles. The van der Waals surface area contributed by atoms with Crippen LogP contribution in [0.3, 0.4) is 0 Å². The number of rotatable bonds is 24. The largest absolute Gasteiger partial charge is 0.390 e. The maximum Gasteiger partial charge on any atom is 0.0685 e. The summed E-state index contributed by atoms with van der Waals surface area (Å²) >= 11 is 0. The molecular weight excluding hydrogens is 1450 g/mol. The fourth-order valence-corrected chi connectivity index (χ4v) is 36.1. The molecule has 682 valence electrons. The fraction of sp³-hybridized carbons (Fsp3) is 0.930. The van der Waals surface area contributed by atoms with Gasteiger partial charge in [0.1, 0.15) is 0 Å². The van der Waals surface area contributed by atoms with Gasteiger partial charge >= 0.3 is 0 Å². The Balaban J connectivity index is 0.000000137. The van der Waals surface area contributed by atoms with E-state index in [0.717, 1.165) is 200 Å². The molecule has 4 nitrogen and oxygen atoms in total. The quantitative estimate of drug-likeness (QED) is 0.0843. The predicted octanol–water partition coefficient (Wildman–Crippen LogP) is 32.5. The molecule has 0 aliphatic heterocycles. The lowest BCUT2D eigenvalue weighted by Crippen LogP contribution is -2.52. The Labute approximate surface area is 738 Å². The molecule has 0 radical (unpaired) electrons. The van der Waals surface area contributed by atoms with E-state index in [1.165, 1.54) is 244 Å². The van der Waals surface area contributed by atoms with Crippen molar-refractivity contribution in [3.05, 3.63) is 46.6 Å². The van der Waals surface area contributed by atoms with E-state index in [-0.39, 0.29) is 0 Å². The lowest BCUT2D eigenvalue weighted by Gasteiger charge is -2.59. The zero-order valence-corrected chi connectivity index (χ0v) is 83.2. The van der Waals surface area contributed by atoms with Gasteiger partial charge in [0.15, 0.2) is 0 Å². The van der Waals surface area contributed by atoms with E-state index in [4.69, 9.17) is 4.74 Å². The van der Waals surface area contributed by atoms with Gasteiger partial charge in [-0.05, 0) is 411 Å². The zero-order valence-electron chi connectivity index (χ0n) is 83.2. The minimum atomic E-state index is -0.467. The molecule has 0 amide bonds. The fourth-order valence-electron chi connectivity index (χ4n) is 36.1. The summed E-state index contributed by atoms with van der Waals surface area (Å²) in [4.78, 5) is 0. The third kappa shape index (κ3) is 18.8. The summed E-state index contributed by atoms with van der Waals surface area (Å²) in [5.74, 6) is 21.9. The van der Waals surface area contributed by atoms with Crippen molar-refractivity contribution in [2.24, 2.45) is 185 Å². The molecule has 0 saturated heterocycles. The van der Waals surface area contributed by atoms with Gasteiger partial charge in [-0.3, -0.25) is 0 Å². The van der Waals surface area contributed by atoms with Crippen LogP contribution < -0.4 is 0 Å². The summed E-state index contributed by atoms with van der Waals surface area (Å²) in [6.45, 7) is 56.9. The Morgan fingerprint density at radius 3 is 0.924 bits per heavy atom. The number of ether oxygens (including phenoxy) is 1. The van der Waals surface area contributed by atoms with Crippen LogP contribution in [0.5, 0.6) is 0 Å². The molecule has 16 rings (SSSR count). The first-order valence-electron chi connectivity index (χ1n) is 53.6. The third-order valence-corrected chi connectivity index (χ3v) is 43.5. The normalized spacial score (nSPS) is 46.4. The van der Waals surface area contributed by atoms with Crippen LogP contribution >= 0.6 is 0 Å². The van der Waals surface area contributed by atoms with Gasteiger partial charge in [0, 0.05) is 7.11 Å². The first-order valence-corrected chi connectivity index (χ1v) is 53.6. The number of hydrogen-bond acceptors (Lipinski definition) is 4. The number of fused-ring (bicyclic) bond motifs is 20. The van der Waals surface area contributed by atoms with Crippen LogP contribution in [-0.2, 0) is 4.74 Å². The van der Waals surface area contributed by atoms with Crippen LogP contribution in [0.4, 0.5) is 0 Å². The number of methoxy groups -OCH3 is 1. The second-order valence-corrected chi connectivity index (χ2v) is 51.8. The van der Waals surface area contributed by atoms with Crippen LogP contribution in [0.15, 0.2) is 46.6 Å². The van der Waals surface area contributed by atoms with Gasteiger partial charge in [-0.25, -0.2) is 0 Å². The Morgan fingerprint density at radius 1 is 0.319 bits per heavy atom. The highest BCUT2D eigenvalue weighted by Crippen LogP contribution is 2.74. The molecule has 0 spiro atoms.